The minimum atomic E-state index is -1.65. The summed E-state index contributed by atoms with van der Waals surface area (Å²) in [6.07, 6.45) is 1.86. The molecule has 9 atom stereocenters. The molecule has 0 aliphatic carbocycles. The van der Waals surface area contributed by atoms with Gasteiger partial charge in [0, 0.05) is 24.6 Å². The van der Waals surface area contributed by atoms with E-state index in [1.54, 1.807) is 13.8 Å². The van der Waals surface area contributed by atoms with Crippen LogP contribution in [0.4, 0.5) is 0 Å². The van der Waals surface area contributed by atoms with Crippen molar-refractivity contribution in [2.75, 3.05) is 50.8 Å². The average molecular weight is 955 g/mol. The van der Waals surface area contributed by atoms with Gasteiger partial charge in [-0.2, -0.15) is 0 Å². The smallest absolute Gasteiger partial charge is 0.246 e. The highest BCUT2D eigenvalue weighted by atomic mass is 33.1. The summed E-state index contributed by atoms with van der Waals surface area (Å²) in [6, 6.07) is -10.7. The summed E-state index contributed by atoms with van der Waals surface area (Å²) in [7, 11) is 1.92. The lowest BCUT2D eigenvalue weighted by Gasteiger charge is -2.32. The number of hydrogen-bond acceptors (Lipinski definition) is 15. The van der Waals surface area contributed by atoms with Crippen molar-refractivity contribution in [3.05, 3.63) is 0 Å². The van der Waals surface area contributed by atoms with E-state index >= 15 is 0 Å². The Morgan fingerprint density at radius 3 is 1.69 bits per heavy atom. The van der Waals surface area contributed by atoms with Gasteiger partial charge in [-0.15, -0.1) is 0 Å². The molecule has 4 heterocycles. The van der Waals surface area contributed by atoms with Crippen LogP contribution in [0.5, 0.6) is 0 Å². The van der Waals surface area contributed by atoms with Gasteiger partial charge >= 0.3 is 0 Å². The highest BCUT2D eigenvalue weighted by Gasteiger charge is 2.42. The molecule has 11 amide bonds. The second-order valence-corrected chi connectivity index (χ2v) is 18.9. The summed E-state index contributed by atoms with van der Waals surface area (Å²) in [6.45, 7) is 1.82. The maximum Gasteiger partial charge on any atom is 0.246 e. The molecule has 0 unspecified atom stereocenters. The summed E-state index contributed by atoms with van der Waals surface area (Å²) in [4.78, 5) is 152. The van der Waals surface area contributed by atoms with Crippen LogP contribution in [0.2, 0.25) is 0 Å². The molecule has 0 spiro atoms. The minimum Gasteiger partial charge on any atom is -0.394 e. The number of aliphatic hydroxyl groups excluding tert-OH is 1. The molecule has 0 saturated carbocycles. The number of hydrogen-bond donors (Lipinski definition) is 11. The van der Waals surface area contributed by atoms with Crippen molar-refractivity contribution < 1.29 is 57.8 Å². The number of fused-ring (bicyclic) bond motifs is 7. The molecular formula is C39H62N12O12S2. The highest BCUT2D eigenvalue weighted by molar-refractivity contribution is 8.76. The van der Waals surface area contributed by atoms with E-state index in [0.717, 1.165) is 26.5 Å². The Morgan fingerprint density at radius 2 is 1.18 bits per heavy atom. The molecule has 2 bridgehead atoms. The molecule has 4 aliphatic heterocycles. The van der Waals surface area contributed by atoms with Crippen LogP contribution < -0.4 is 54.0 Å². The van der Waals surface area contributed by atoms with Crippen LogP contribution >= 0.6 is 21.6 Å². The second kappa shape index (κ2) is 25.5. The predicted molar refractivity (Wildman–Crippen MR) is 235 cm³/mol. The first-order valence-electron chi connectivity index (χ1n) is 21.8. The van der Waals surface area contributed by atoms with Crippen molar-refractivity contribution in [1.29, 1.82) is 0 Å². The number of amides is 11. The lowest BCUT2D eigenvalue weighted by molar-refractivity contribution is -0.143. The summed E-state index contributed by atoms with van der Waals surface area (Å²) < 4.78 is 0. The number of carbonyl (C=O) groups is 11. The Balaban J connectivity index is 1.79. The van der Waals surface area contributed by atoms with Gasteiger partial charge in [-0.1, -0.05) is 41.9 Å². The second-order valence-electron chi connectivity index (χ2n) is 16.3. The van der Waals surface area contributed by atoms with Gasteiger partial charge in [-0.05, 0) is 57.4 Å². The number of rotatable bonds is 9. The normalized spacial score (nSPS) is 29.3. The van der Waals surface area contributed by atoms with Gasteiger partial charge in [0.15, 0.2) is 0 Å². The van der Waals surface area contributed by atoms with Crippen molar-refractivity contribution in [3.63, 3.8) is 0 Å². The number of carbonyl (C=O) groups excluding carboxylic acids is 11. The van der Waals surface area contributed by atoms with Crippen molar-refractivity contribution >= 4 is 86.6 Å². The lowest BCUT2D eigenvalue weighted by atomic mass is 9.97. The van der Waals surface area contributed by atoms with Gasteiger partial charge in [0.1, 0.15) is 48.3 Å². The fourth-order valence-corrected chi connectivity index (χ4v) is 10.1. The van der Waals surface area contributed by atoms with Crippen LogP contribution in [0.1, 0.15) is 71.6 Å². The highest BCUT2D eigenvalue weighted by Crippen LogP contribution is 2.26. The van der Waals surface area contributed by atoms with Crippen molar-refractivity contribution in [2.24, 2.45) is 17.4 Å². The number of nitrogens with two attached hydrogens (primary N) is 2. The van der Waals surface area contributed by atoms with Crippen LogP contribution in [-0.4, -0.2) is 179 Å². The van der Waals surface area contributed by atoms with E-state index in [4.69, 9.17) is 11.5 Å². The first kappa shape index (κ1) is 52.4. The topological polar surface area (TPSA) is 363 Å². The van der Waals surface area contributed by atoms with Crippen LogP contribution in [0.25, 0.3) is 0 Å². The Labute approximate surface area is 383 Å². The number of primary amides is 1. The molecular weight excluding hydrogens is 893 g/mol. The molecule has 4 fully saturated rings. The average Bonchev–Trinajstić information content (AvgIpc) is 3.98. The first-order chi connectivity index (χ1) is 31.0. The van der Waals surface area contributed by atoms with Crippen LogP contribution in [0.15, 0.2) is 0 Å². The van der Waals surface area contributed by atoms with Crippen LogP contribution in [0.3, 0.4) is 0 Å². The van der Waals surface area contributed by atoms with Gasteiger partial charge in [0.05, 0.1) is 26.1 Å². The van der Waals surface area contributed by atoms with Crippen molar-refractivity contribution in [1.82, 2.24) is 52.3 Å². The maximum atomic E-state index is 14.3. The molecule has 65 heavy (non-hydrogen) atoms. The third-order valence-electron chi connectivity index (χ3n) is 11.6. The van der Waals surface area contributed by atoms with E-state index < -0.39 is 145 Å². The molecule has 26 heteroatoms. The Bertz CT molecular complexity index is 1810. The van der Waals surface area contributed by atoms with E-state index in [1.807, 2.05) is 0 Å². The van der Waals surface area contributed by atoms with E-state index in [1.165, 1.54) is 4.90 Å². The summed E-state index contributed by atoms with van der Waals surface area (Å²) in [5.74, 6) is -10.1. The molecule has 4 rings (SSSR count). The molecule has 0 aromatic carbocycles. The molecule has 24 nitrogen and oxygen atoms in total. The first-order valence-corrected chi connectivity index (χ1v) is 24.3. The van der Waals surface area contributed by atoms with Crippen molar-refractivity contribution in [2.45, 2.75) is 120 Å². The summed E-state index contributed by atoms with van der Waals surface area (Å²) in [5, 5.41) is 30.4. The maximum absolute atomic E-state index is 14.3. The predicted octanol–water partition coefficient (Wildman–Crippen LogP) is -5.44. The zero-order valence-electron chi connectivity index (χ0n) is 36.5. The molecule has 0 aromatic heterocycles. The molecule has 362 valence electrons. The zero-order chi connectivity index (χ0) is 47.8. The van der Waals surface area contributed by atoms with Gasteiger partial charge in [-0.25, -0.2) is 0 Å². The Hall–Kier alpha value is -5.21. The SMILES string of the molecule is CC[C@H](C)[C@@H]1NC(=O)[C@@H]2CSSC[C@H](NC(=O)[C@H](CO)NC(=O)CNC(=O)[C@@H]3CCCN3C1=O)C(=O)N[C@@H](CC(N)=O)C(=O)N1CCC[C@H]1C(=O)NCC(=O)N[C@@H](CCCCN)C(=O)N2. The van der Waals surface area contributed by atoms with E-state index in [-0.39, 0.29) is 50.4 Å². The van der Waals surface area contributed by atoms with Gasteiger partial charge in [0.25, 0.3) is 0 Å². The number of nitrogens with zero attached hydrogens (tertiary/aromatic N) is 2. The Morgan fingerprint density at radius 1 is 0.677 bits per heavy atom. The fraction of sp³-hybridized carbons (Fsp3) is 0.718. The lowest BCUT2D eigenvalue weighted by Crippen LogP contribution is -2.61. The largest absolute Gasteiger partial charge is 0.394 e. The monoisotopic (exact) mass is 954 g/mol. The summed E-state index contributed by atoms with van der Waals surface area (Å²) in [5.41, 5.74) is 11.2. The standard InChI is InChI=1S/C39H62N12O12S2/c1-3-20(2)31-39(63)51-13-7-10-27(51)37(61)43-16-30(55)45-23(17-52)33(57)48-24-18-64-65-19-25(35(59)49-31)47-32(56)21(8-4-5-11-40)44-29(54)15-42-36(60)26-9-6-12-50(26)38(62)22(14-28(41)53)46-34(24)58/h20-27,31,52H,3-19,40H2,1-2H3,(H2,41,53)(H,42,60)(H,43,61)(H,44,54)(H,45,55)(H,46,58)(H,47,56)(H,48,57)(H,49,59)/t20-,21-,22-,23-,24-,25-,26-,27-,31-/m0/s1. The summed E-state index contributed by atoms with van der Waals surface area (Å²) >= 11 is 0. The van der Waals surface area contributed by atoms with Crippen LogP contribution in [-0.2, 0) is 52.7 Å². The van der Waals surface area contributed by atoms with Crippen molar-refractivity contribution in [3.8, 4) is 0 Å². The zero-order valence-corrected chi connectivity index (χ0v) is 38.2. The van der Waals surface area contributed by atoms with E-state index in [2.05, 4.69) is 42.5 Å². The third kappa shape index (κ3) is 14.9. The minimum absolute atomic E-state index is 0.0442. The quantitative estimate of drug-likeness (QED) is 0.0759. The third-order valence-corrected chi connectivity index (χ3v) is 14.0. The molecule has 4 saturated heterocycles. The van der Waals surface area contributed by atoms with E-state index in [0.29, 0.717) is 32.1 Å². The van der Waals surface area contributed by atoms with E-state index in [9.17, 15) is 57.8 Å². The number of unbranched alkanes of at least 4 members (excludes halogenated alkanes) is 1. The molecule has 13 N–H and O–H groups in total. The number of aliphatic hydroxyl groups is 1. The van der Waals surface area contributed by atoms with Gasteiger partial charge < -0.3 is 68.9 Å². The Kier molecular flexibility index (Phi) is 20.5. The van der Waals surface area contributed by atoms with Gasteiger partial charge in [0.2, 0.25) is 65.0 Å². The number of nitrogens with one attached hydrogen (secondary N) is 8. The molecule has 0 radical (unpaired) electrons. The molecule has 0 aromatic rings. The molecule has 4 aliphatic rings. The fourth-order valence-electron chi connectivity index (χ4n) is 7.76. The van der Waals surface area contributed by atoms with Gasteiger partial charge in [-0.3, -0.25) is 52.7 Å². The van der Waals surface area contributed by atoms with Crippen LogP contribution in [0, 0.1) is 5.92 Å².